The Labute approximate surface area is 250 Å². The first-order chi connectivity index (χ1) is 20.5. The summed E-state index contributed by atoms with van der Waals surface area (Å²) >= 11 is 1.24. The van der Waals surface area contributed by atoms with Crippen molar-refractivity contribution in [2.45, 2.75) is 11.9 Å². The first-order valence-electron chi connectivity index (χ1n) is 13.3. The van der Waals surface area contributed by atoms with Crippen LogP contribution in [0.25, 0.3) is 33.5 Å². The number of nitrogens with zero attached hydrogens (tertiary/aromatic N) is 2. The van der Waals surface area contributed by atoms with Crippen molar-refractivity contribution in [3.63, 3.8) is 0 Å². The number of aryl methyl sites for hydroxylation is 1. The number of para-hydroxylation sites is 1. The van der Waals surface area contributed by atoms with Crippen molar-refractivity contribution in [2.24, 2.45) is 0 Å². The minimum absolute atomic E-state index is 0.0769. The van der Waals surface area contributed by atoms with Gasteiger partial charge in [0.05, 0.1) is 31.2 Å². The third-order valence-electron chi connectivity index (χ3n) is 6.77. The van der Waals surface area contributed by atoms with Crippen LogP contribution in [0.2, 0.25) is 0 Å². The SMILES string of the molecule is COc1ccc(-c2cc(-c3ccc(C)cc3)nc(SCC(=O)Nc3ccccc3-c3ccccc3)c2C#N)cc1OC. The number of pyridine rings is 1. The van der Waals surface area contributed by atoms with Gasteiger partial charge in [0.15, 0.2) is 11.5 Å². The molecule has 42 heavy (non-hydrogen) atoms. The van der Waals surface area contributed by atoms with Crippen molar-refractivity contribution >= 4 is 23.4 Å². The van der Waals surface area contributed by atoms with Crippen molar-refractivity contribution < 1.29 is 14.3 Å². The predicted molar refractivity (Wildman–Crippen MR) is 169 cm³/mol. The third-order valence-corrected chi connectivity index (χ3v) is 7.74. The van der Waals surface area contributed by atoms with Crippen LogP contribution in [0.4, 0.5) is 5.69 Å². The summed E-state index contributed by atoms with van der Waals surface area (Å²) in [4.78, 5) is 18.1. The maximum Gasteiger partial charge on any atom is 0.234 e. The van der Waals surface area contributed by atoms with Gasteiger partial charge in [-0.2, -0.15) is 5.26 Å². The molecule has 1 heterocycles. The molecule has 0 radical (unpaired) electrons. The van der Waals surface area contributed by atoms with Gasteiger partial charge in [-0.25, -0.2) is 4.98 Å². The summed E-state index contributed by atoms with van der Waals surface area (Å²) in [5.41, 5.74) is 7.29. The van der Waals surface area contributed by atoms with Crippen molar-refractivity contribution in [3.05, 3.63) is 114 Å². The zero-order chi connectivity index (χ0) is 29.5. The number of carbonyl (C=O) groups is 1. The highest BCUT2D eigenvalue weighted by molar-refractivity contribution is 8.00. The van der Waals surface area contributed by atoms with Crippen molar-refractivity contribution in [3.8, 4) is 51.1 Å². The number of hydrogen-bond donors (Lipinski definition) is 1. The maximum absolute atomic E-state index is 13.2. The zero-order valence-corrected chi connectivity index (χ0v) is 24.4. The number of hydrogen-bond acceptors (Lipinski definition) is 6. The quantitative estimate of drug-likeness (QED) is 0.180. The standard InChI is InChI=1S/C35H29N3O3S/c1-23-13-15-25(16-14-23)31-20-28(26-17-18-32(40-2)33(19-26)41-3)29(21-36)35(38-31)42-22-34(39)37-30-12-8-7-11-27(30)24-9-5-4-6-10-24/h4-20H,22H2,1-3H3,(H,37,39). The average Bonchev–Trinajstić information content (AvgIpc) is 3.04. The van der Waals surface area contributed by atoms with Crippen LogP contribution in [-0.4, -0.2) is 30.9 Å². The highest BCUT2D eigenvalue weighted by Crippen LogP contribution is 2.38. The molecule has 0 saturated heterocycles. The second-order valence-electron chi connectivity index (χ2n) is 9.53. The lowest BCUT2D eigenvalue weighted by Gasteiger charge is -2.15. The van der Waals surface area contributed by atoms with Crippen LogP contribution in [0.3, 0.4) is 0 Å². The fourth-order valence-electron chi connectivity index (χ4n) is 4.62. The molecule has 1 N–H and O–H groups in total. The number of methoxy groups -OCH3 is 2. The molecule has 208 valence electrons. The lowest BCUT2D eigenvalue weighted by atomic mass is 9.98. The minimum Gasteiger partial charge on any atom is -0.493 e. The van der Waals surface area contributed by atoms with Gasteiger partial charge in [-0.1, -0.05) is 96.2 Å². The Bertz CT molecular complexity index is 1760. The van der Waals surface area contributed by atoms with Gasteiger partial charge in [0, 0.05) is 22.4 Å². The van der Waals surface area contributed by atoms with E-state index in [9.17, 15) is 10.1 Å². The van der Waals surface area contributed by atoms with E-state index in [4.69, 9.17) is 14.5 Å². The third kappa shape index (κ3) is 6.30. The molecule has 0 spiro atoms. The Morgan fingerprint density at radius 3 is 2.21 bits per heavy atom. The second kappa shape index (κ2) is 13.1. The Hall–Kier alpha value is -5.06. The molecule has 0 bridgehead atoms. The molecule has 1 amide bonds. The molecule has 5 rings (SSSR count). The number of anilines is 1. The molecular formula is C35H29N3O3S. The molecule has 0 fully saturated rings. The molecule has 5 aromatic rings. The largest absolute Gasteiger partial charge is 0.493 e. The summed E-state index contributed by atoms with van der Waals surface area (Å²) in [5, 5.41) is 13.8. The molecule has 0 aliphatic rings. The van der Waals surface area contributed by atoms with Gasteiger partial charge < -0.3 is 14.8 Å². The van der Waals surface area contributed by atoms with Crippen LogP contribution >= 0.6 is 11.8 Å². The molecular weight excluding hydrogens is 542 g/mol. The topological polar surface area (TPSA) is 84.2 Å². The van der Waals surface area contributed by atoms with Crippen LogP contribution in [0.15, 0.2) is 108 Å². The van der Waals surface area contributed by atoms with E-state index in [0.29, 0.717) is 33.3 Å². The normalized spacial score (nSPS) is 10.5. The number of ether oxygens (including phenoxy) is 2. The van der Waals surface area contributed by atoms with Crippen LogP contribution in [0.1, 0.15) is 11.1 Å². The van der Waals surface area contributed by atoms with E-state index < -0.39 is 0 Å². The number of amides is 1. The Morgan fingerprint density at radius 2 is 1.50 bits per heavy atom. The van der Waals surface area contributed by atoms with E-state index in [1.54, 1.807) is 14.2 Å². The molecule has 4 aromatic carbocycles. The van der Waals surface area contributed by atoms with Gasteiger partial charge in [-0.05, 0) is 42.3 Å². The van der Waals surface area contributed by atoms with E-state index in [2.05, 4.69) is 11.4 Å². The molecule has 0 aliphatic heterocycles. The monoisotopic (exact) mass is 571 g/mol. The number of thioether (sulfide) groups is 1. The number of carbonyl (C=O) groups excluding carboxylic acids is 1. The van der Waals surface area contributed by atoms with Crippen LogP contribution in [0.5, 0.6) is 11.5 Å². The zero-order valence-electron chi connectivity index (χ0n) is 23.5. The number of benzene rings is 4. The van der Waals surface area contributed by atoms with E-state index in [-0.39, 0.29) is 11.7 Å². The first-order valence-corrected chi connectivity index (χ1v) is 14.3. The smallest absolute Gasteiger partial charge is 0.234 e. The fourth-order valence-corrected chi connectivity index (χ4v) is 5.42. The van der Waals surface area contributed by atoms with Crippen LogP contribution in [-0.2, 0) is 4.79 Å². The summed E-state index contributed by atoms with van der Waals surface area (Å²) in [6.45, 7) is 2.03. The Kier molecular flexibility index (Phi) is 8.86. The number of nitrogens with one attached hydrogen (secondary N) is 1. The van der Waals surface area contributed by atoms with Gasteiger partial charge in [0.25, 0.3) is 0 Å². The lowest BCUT2D eigenvalue weighted by Crippen LogP contribution is -2.15. The van der Waals surface area contributed by atoms with Gasteiger partial charge in [-0.3, -0.25) is 4.79 Å². The average molecular weight is 572 g/mol. The van der Waals surface area contributed by atoms with Gasteiger partial charge in [0.2, 0.25) is 5.91 Å². The van der Waals surface area contributed by atoms with E-state index >= 15 is 0 Å². The minimum atomic E-state index is -0.192. The summed E-state index contributed by atoms with van der Waals surface area (Å²) in [5.74, 6) is 1.03. The molecule has 0 unspecified atom stereocenters. The van der Waals surface area contributed by atoms with E-state index in [1.165, 1.54) is 11.8 Å². The lowest BCUT2D eigenvalue weighted by molar-refractivity contribution is -0.113. The van der Waals surface area contributed by atoms with Crippen molar-refractivity contribution in [1.82, 2.24) is 4.98 Å². The number of rotatable bonds is 9. The predicted octanol–water partition coefficient (Wildman–Crippen LogP) is 8.01. The van der Waals surface area contributed by atoms with Crippen molar-refractivity contribution in [1.29, 1.82) is 5.26 Å². The molecule has 0 atom stereocenters. The molecule has 1 aromatic heterocycles. The summed E-state index contributed by atoms with van der Waals surface area (Å²) in [6.07, 6.45) is 0. The first kappa shape index (κ1) is 28.5. The highest BCUT2D eigenvalue weighted by atomic mass is 32.2. The van der Waals surface area contributed by atoms with E-state index in [1.807, 2.05) is 110 Å². The summed E-state index contributed by atoms with van der Waals surface area (Å²) < 4.78 is 10.9. The van der Waals surface area contributed by atoms with E-state index in [0.717, 1.165) is 33.5 Å². The maximum atomic E-state index is 13.2. The molecule has 0 aliphatic carbocycles. The fraction of sp³-hybridized carbons (Fsp3) is 0.114. The van der Waals surface area contributed by atoms with Crippen LogP contribution in [0, 0.1) is 18.3 Å². The van der Waals surface area contributed by atoms with Crippen LogP contribution < -0.4 is 14.8 Å². The molecule has 6 nitrogen and oxygen atoms in total. The molecule has 7 heteroatoms. The van der Waals surface area contributed by atoms with Gasteiger partial charge >= 0.3 is 0 Å². The second-order valence-corrected chi connectivity index (χ2v) is 10.5. The highest BCUT2D eigenvalue weighted by Gasteiger charge is 2.19. The van der Waals surface area contributed by atoms with Crippen molar-refractivity contribution in [2.75, 3.05) is 25.3 Å². The molecule has 0 saturated carbocycles. The summed E-state index contributed by atoms with van der Waals surface area (Å²) in [6, 6.07) is 35.5. The number of aromatic nitrogens is 1. The Balaban J connectivity index is 1.49. The number of nitriles is 1. The van der Waals surface area contributed by atoms with Gasteiger partial charge in [-0.15, -0.1) is 0 Å². The Morgan fingerprint density at radius 1 is 0.810 bits per heavy atom. The summed E-state index contributed by atoms with van der Waals surface area (Å²) in [7, 11) is 3.16. The van der Waals surface area contributed by atoms with Gasteiger partial charge in [0.1, 0.15) is 11.1 Å².